The van der Waals surface area contributed by atoms with Crippen LogP contribution in [-0.2, 0) is 10.8 Å². The Bertz CT molecular complexity index is 463. The van der Waals surface area contributed by atoms with Gasteiger partial charge in [0, 0.05) is 46.7 Å². The Kier molecular flexibility index (Phi) is 5.27. The lowest BCUT2D eigenvalue weighted by atomic mass is 10.1. The van der Waals surface area contributed by atoms with E-state index in [1.54, 1.807) is 18.4 Å². The highest BCUT2D eigenvalue weighted by molar-refractivity contribution is 7.84. The first kappa shape index (κ1) is 14.6. The maximum Gasteiger partial charge on any atom is 0.269 e. The summed E-state index contributed by atoms with van der Waals surface area (Å²) >= 11 is 0. The molecule has 5 nitrogen and oxygen atoms in total. The van der Waals surface area contributed by atoms with Gasteiger partial charge in [-0.05, 0) is 25.0 Å². The van der Waals surface area contributed by atoms with Gasteiger partial charge in [-0.1, -0.05) is 6.92 Å². The van der Waals surface area contributed by atoms with Crippen LogP contribution >= 0.6 is 0 Å². The van der Waals surface area contributed by atoms with E-state index in [4.69, 9.17) is 0 Å². The van der Waals surface area contributed by atoms with Crippen molar-refractivity contribution in [3.8, 4) is 0 Å². The first-order valence-corrected chi connectivity index (χ1v) is 7.35. The van der Waals surface area contributed by atoms with Gasteiger partial charge in [-0.25, -0.2) is 0 Å². The van der Waals surface area contributed by atoms with Gasteiger partial charge >= 0.3 is 0 Å². The molecule has 0 aliphatic rings. The molecule has 2 atom stereocenters. The second-order valence-electron chi connectivity index (χ2n) is 4.28. The van der Waals surface area contributed by atoms with Crippen molar-refractivity contribution in [3.63, 3.8) is 0 Å². The van der Waals surface area contributed by atoms with Crippen LogP contribution in [0.1, 0.15) is 18.9 Å². The molecule has 0 saturated carbocycles. The van der Waals surface area contributed by atoms with Gasteiger partial charge in [-0.15, -0.1) is 0 Å². The normalized spacial score (nSPS) is 13.9. The third-order valence-corrected chi connectivity index (χ3v) is 4.22. The molecule has 0 saturated heterocycles. The van der Waals surface area contributed by atoms with Gasteiger partial charge in [0.1, 0.15) is 0 Å². The van der Waals surface area contributed by atoms with E-state index in [1.807, 2.05) is 13.8 Å². The summed E-state index contributed by atoms with van der Waals surface area (Å²) in [5.74, 6) is 0. The van der Waals surface area contributed by atoms with E-state index < -0.39 is 15.7 Å². The summed E-state index contributed by atoms with van der Waals surface area (Å²) in [5.41, 5.74) is 1.82. The standard InChI is InChI=1S/C12H18N2O3S/c1-9-8-11(14(15)16)4-5-12(9)13-7-6-10(2)18(3)17/h4-5,8,10,13H,6-7H2,1-3H3. The molecule has 0 heterocycles. The summed E-state index contributed by atoms with van der Waals surface area (Å²) in [6.45, 7) is 4.48. The van der Waals surface area contributed by atoms with Crippen LogP contribution < -0.4 is 5.32 Å². The quantitative estimate of drug-likeness (QED) is 0.636. The second kappa shape index (κ2) is 6.49. The molecule has 0 radical (unpaired) electrons. The fourth-order valence-electron chi connectivity index (χ4n) is 1.54. The second-order valence-corrected chi connectivity index (χ2v) is 6.08. The zero-order valence-electron chi connectivity index (χ0n) is 10.8. The lowest BCUT2D eigenvalue weighted by molar-refractivity contribution is -0.384. The van der Waals surface area contributed by atoms with E-state index in [1.165, 1.54) is 6.07 Å². The fourth-order valence-corrected chi connectivity index (χ4v) is 1.99. The van der Waals surface area contributed by atoms with Gasteiger partial charge < -0.3 is 5.32 Å². The third-order valence-electron chi connectivity index (χ3n) is 2.85. The average molecular weight is 270 g/mol. The Morgan fingerprint density at radius 3 is 2.67 bits per heavy atom. The first-order valence-electron chi connectivity index (χ1n) is 5.73. The molecule has 0 bridgehead atoms. The Hall–Kier alpha value is -1.43. The average Bonchev–Trinajstić information content (AvgIpc) is 2.30. The minimum Gasteiger partial charge on any atom is -0.385 e. The smallest absolute Gasteiger partial charge is 0.269 e. The molecule has 6 heteroatoms. The topological polar surface area (TPSA) is 72.2 Å². The molecular formula is C12H18N2O3S. The maximum atomic E-state index is 11.2. The molecule has 0 amide bonds. The van der Waals surface area contributed by atoms with Crippen LogP contribution in [0.2, 0.25) is 0 Å². The first-order chi connectivity index (χ1) is 8.41. The number of benzene rings is 1. The van der Waals surface area contributed by atoms with Gasteiger partial charge in [0.2, 0.25) is 0 Å². The number of nitrogens with one attached hydrogen (secondary N) is 1. The number of hydrogen-bond donors (Lipinski definition) is 1. The van der Waals surface area contributed by atoms with Crippen LogP contribution in [0, 0.1) is 17.0 Å². The maximum absolute atomic E-state index is 11.2. The Morgan fingerprint density at radius 1 is 1.50 bits per heavy atom. The van der Waals surface area contributed by atoms with Crippen molar-refractivity contribution in [1.29, 1.82) is 0 Å². The van der Waals surface area contributed by atoms with E-state index in [0.29, 0.717) is 6.54 Å². The van der Waals surface area contributed by atoms with Crippen LogP contribution in [0.25, 0.3) is 0 Å². The molecule has 2 unspecified atom stereocenters. The zero-order chi connectivity index (χ0) is 13.7. The summed E-state index contributed by atoms with van der Waals surface area (Å²) < 4.78 is 11.2. The molecule has 0 aromatic heterocycles. The Morgan fingerprint density at radius 2 is 2.17 bits per heavy atom. The summed E-state index contributed by atoms with van der Waals surface area (Å²) in [6.07, 6.45) is 2.50. The van der Waals surface area contributed by atoms with Crippen LogP contribution in [0.15, 0.2) is 18.2 Å². The number of nitrogens with zero attached hydrogens (tertiary/aromatic N) is 1. The number of nitro benzene ring substituents is 1. The van der Waals surface area contributed by atoms with Crippen molar-refractivity contribution in [2.24, 2.45) is 0 Å². The van der Waals surface area contributed by atoms with Gasteiger partial charge in [0.15, 0.2) is 0 Å². The number of non-ortho nitro benzene ring substituents is 1. The van der Waals surface area contributed by atoms with Crippen molar-refractivity contribution in [2.45, 2.75) is 25.5 Å². The molecule has 1 rings (SSSR count). The summed E-state index contributed by atoms with van der Waals surface area (Å²) in [6, 6.07) is 4.74. The van der Waals surface area contributed by atoms with Crippen molar-refractivity contribution in [1.82, 2.24) is 0 Å². The molecule has 0 aliphatic heterocycles. The number of rotatable bonds is 6. The predicted octanol–water partition coefficient (Wildman–Crippen LogP) is 2.47. The van der Waals surface area contributed by atoms with E-state index in [9.17, 15) is 14.3 Å². The molecule has 18 heavy (non-hydrogen) atoms. The number of hydrogen-bond acceptors (Lipinski definition) is 4. The van der Waals surface area contributed by atoms with Crippen molar-refractivity contribution in [3.05, 3.63) is 33.9 Å². The van der Waals surface area contributed by atoms with E-state index in [2.05, 4.69) is 5.32 Å². The molecule has 1 N–H and O–H groups in total. The SMILES string of the molecule is Cc1cc([N+](=O)[O-])ccc1NCCC(C)S(C)=O. The van der Waals surface area contributed by atoms with Crippen LogP contribution in [0.4, 0.5) is 11.4 Å². The summed E-state index contributed by atoms with van der Waals surface area (Å²) in [5, 5.41) is 14.0. The van der Waals surface area contributed by atoms with Crippen LogP contribution in [-0.4, -0.2) is 27.2 Å². The number of anilines is 1. The molecular weight excluding hydrogens is 252 g/mol. The van der Waals surface area contributed by atoms with E-state index >= 15 is 0 Å². The van der Waals surface area contributed by atoms with E-state index in [0.717, 1.165) is 17.7 Å². The molecule has 0 aliphatic carbocycles. The minimum atomic E-state index is -0.813. The monoisotopic (exact) mass is 270 g/mol. The molecule has 1 aromatic rings. The molecule has 0 spiro atoms. The van der Waals surface area contributed by atoms with Crippen LogP contribution in [0.3, 0.4) is 0 Å². The lowest BCUT2D eigenvalue weighted by Gasteiger charge is -2.12. The van der Waals surface area contributed by atoms with Gasteiger partial charge in [0.05, 0.1) is 4.92 Å². The molecule has 0 fully saturated rings. The largest absolute Gasteiger partial charge is 0.385 e. The highest BCUT2D eigenvalue weighted by Gasteiger charge is 2.09. The highest BCUT2D eigenvalue weighted by atomic mass is 32.2. The van der Waals surface area contributed by atoms with Gasteiger partial charge in [0.25, 0.3) is 5.69 Å². The Balaban J connectivity index is 2.58. The van der Waals surface area contributed by atoms with Crippen LogP contribution in [0.5, 0.6) is 0 Å². The summed E-state index contributed by atoms with van der Waals surface area (Å²) in [7, 11) is -0.813. The molecule has 100 valence electrons. The third kappa shape index (κ3) is 4.10. The fraction of sp³-hybridized carbons (Fsp3) is 0.500. The minimum absolute atomic E-state index is 0.0982. The van der Waals surface area contributed by atoms with Gasteiger partial charge in [-0.2, -0.15) is 0 Å². The lowest BCUT2D eigenvalue weighted by Crippen LogP contribution is -2.15. The van der Waals surface area contributed by atoms with E-state index in [-0.39, 0.29) is 10.9 Å². The van der Waals surface area contributed by atoms with Crippen molar-refractivity contribution >= 4 is 22.2 Å². The van der Waals surface area contributed by atoms with Crippen molar-refractivity contribution < 1.29 is 9.13 Å². The number of aryl methyl sites for hydroxylation is 1. The molecule has 1 aromatic carbocycles. The van der Waals surface area contributed by atoms with Gasteiger partial charge in [-0.3, -0.25) is 14.3 Å². The van der Waals surface area contributed by atoms with Crippen molar-refractivity contribution in [2.75, 3.05) is 18.1 Å². The summed E-state index contributed by atoms with van der Waals surface area (Å²) in [4.78, 5) is 10.2. The Labute approximate surface area is 109 Å². The number of nitro groups is 1. The highest BCUT2D eigenvalue weighted by Crippen LogP contribution is 2.21. The zero-order valence-corrected chi connectivity index (χ0v) is 11.6. The predicted molar refractivity (Wildman–Crippen MR) is 74.5 cm³/mol.